The number of alkyl halides is 3. The molecule has 0 aromatic carbocycles. The van der Waals surface area contributed by atoms with Crippen LogP contribution in [0.25, 0.3) is 0 Å². The Morgan fingerprint density at radius 2 is 2.00 bits per heavy atom. The quantitative estimate of drug-likeness (QED) is 0.800. The lowest BCUT2D eigenvalue weighted by molar-refractivity contribution is -0.189. The molecule has 0 unspecified atom stereocenters. The van der Waals surface area contributed by atoms with Gasteiger partial charge in [-0.05, 0) is 25.7 Å². The smallest absolute Gasteiger partial charge is 0.377 e. The number of hydrogen-bond acceptors (Lipinski definition) is 2. The van der Waals surface area contributed by atoms with Crippen LogP contribution in [-0.2, 0) is 4.74 Å². The summed E-state index contributed by atoms with van der Waals surface area (Å²) in [5, 5.41) is 0. The minimum atomic E-state index is -4.10. The molecular weight excluding hydrogens is 207 g/mol. The summed E-state index contributed by atoms with van der Waals surface area (Å²) in [6.07, 6.45) is -2.86. The second-order valence-corrected chi connectivity index (χ2v) is 4.12. The van der Waals surface area contributed by atoms with Crippen LogP contribution in [0, 0.1) is 5.92 Å². The van der Waals surface area contributed by atoms with Gasteiger partial charge in [0.15, 0.2) is 0 Å². The average molecular weight is 225 g/mol. The molecule has 5 heteroatoms. The zero-order valence-corrected chi connectivity index (χ0v) is 8.89. The number of halogens is 3. The zero-order valence-electron chi connectivity index (χ0n) is 8.89. The molecule has 1 fully saturated rings. The maximum atomic E-state index is 12.4. The number of hydrogen-bond donors (Lipinski definition) is 1. The second-order valence-electron chi connectivity index (χ2n) is 4.12. The van der Waals surface area contributed by atoms with Crippen molar-refractivity contribution in [1.82, 2.24) is 0 Å². The maximum absolute atomic E-state index is 12.4. The fourth-order valence-corrected chi connectivity index (χ4v) is 1.95. The van der Waals surface area contributed by atoms with Crippen molar-refractivity contribution in [2.24, 2.45) is 11.7 Å². The van der Waals surface area contributed by atoms with Crippen LogP contribution in [0.2, 0.25) is 0 Å². The van der Waals surface area contributed by atoms with Gasteiger partial charge in [0.1, 0.15) is 0 Å². The lowest BCUT2D eigenvalue weighted by atomic mass is 9.83. The summed E-state index contributed by atoms with van der Waals surface area (Å²) in [6, 6.07) is -0.475. The van der Waals surface area contributed by atoms with Crippen LogP contribution in [0.4, 0.5) is 13.2 Å². The maximum Gasteiger partial charge on any atom is 0.391 e. The van der Waals surface area contributed by atoms with Gasteiger partial charge in [0.25, 0.3) is 0 Å². The van der Waals surface area contributed by atoms with E-state index in [-0.39, 0.29) is 18.9 Å². The highest BCUT2D eigenvalue weighted by atomic mass is 19.4. The largest absolute Gasteiger partial charge is 0.391 e. The third-order valence-corrected chi connectivity index (χ3v) is 2.83. The van der Waals surface area contributed by atoms with E-state index in [0.717, 1.165) is 6.42 Å². The van der Waals surface area contributed by atoms with Gasteiger partial charge in [-0.2, -0.15) is 13.2 Å². The first kappa shape index (κ1) is 12.8. The van der Waals surface area contributed by atoms with Gasteiger partial charge in [0, 0.05) is 12.6 Å². The summed E-state index contributed by atoms with van der Waals surface area (Å²) < 4.78 is 42.6. The topological polar surface area (TPSA) is 35.2 Å². The summed E-state index contributed by atoms with van der Waals surface area (Å²) in [6.45, 7) is 2.54. The van der Waals surface area contributed by atoms with Gasteiger partial charge < -0.3 is 10.5 Å². The monoisotopic (exact) mass is 225 g/mol. The standard InChI is InChI=1S/C10H18F3NO/c1-2-5-15-9-4-3-7(6-8(9)14)10(11,12)13/h7-9H,2-6,14H2,1H3/t7-,8+,9+/m0/s1. The Balaban J connectivity index is 2.41. The van der Waals surface area contributed by atoms with Gasteiger partial charge in [-0.1, -0.05) is 6.92 Å². The van der Waals surface area contributed by atoms with Gasteiger partial charge in [0.05, 0.1) is 12.0 Å². The molecule has 0 aliphatic heterocycles. The molecular formula is C10H18F3NO. The van der Waals surface area contributed by atoms with Crippen molar-refractivity contribution in [3.63, 3.8) is 0 Å². The summed E-state index contributed by atoms with van der Waals surface area (Å²) in [7, 11) is 0. The fraction of sp³-hybridized carbons (Fsp3) is 1.00. The Bertz CT molecular complexity index is 196. The van der Waals surface area contributed by atoms with E-state index in [1.165, 1.54) is 0 Å². The Labute approximate surface area is 88.0 Å². The molecule has 0 aromatic heterocycles. The molecule has 15 heavy (non-hydrogen) atoms. The van der Waals surface area contributed by atoms with Crippen LogP contribution in [0.5, 0.6) is 0 Å². The molecule has 1 aliphatic carbocycles. The van der Waals surface area contributed by atoms with Gasteiger partial charge in [-0.3, -0.25) is 0 Å². The predicted molar refractivity (Wildman–Crippen MR) is 51.4 cm³/mol. The molecule has 0 radical (unpaired) electrons. The Hall–Kier alpha value is -0.290. The minimum Gasteiger partial charge on any atom is -0.377 e. The third kappa shape index (κ3) is 3.65. The molecule has 90 valence electrons. The normalized spacial score (nSPS) is 33.0. The van der Waals surface area contributed by atoms with Crippen LogP contribution in [0.3, 0.4) is 0 Å². The van der Waals surface area contributed by atoms with Crippen molar-refractivity contribution >= 4 is 0 Å². The predicted octanol–water partition coefficient (Wildman–Crippen LogP) is 2.47. The van der Waals surface area contributed by atoms with Gasteiger partial charge in [-0.25, -0.2) is 0 Å². The van der Waals surface area contributed by atoms with Gasteiger partial charge in [0.2, 0.25) is 0 Å². The highest BCUT2D eigenvalue weighted by Gasteiger charge is 2.44. The molecule has 0 amide bonds. The first-order valence-corrected chi connectivity index (χ1v) is 5.39. The van der Waals surface area contributed by atoms with E-state index in [1.54, 1.807) is 0 Å². The van der Waals surface area contributed by atoms with Crippen LogP contribution >= 0.6 is 0 Å². The summed E-state index contributed by atoms with van der Waals surface area (Å²) in [5.74, 6) is -1.24. The minimum absolute atomic E-state index is 0.00210. The number of nitrogens with two attached hydrogens (primary N) is 1. The second kappa shape index (κ2) is 5.16. The van der Waals surface area contributed by atoms with Crippen molar-refractivity contribution in [2.75, 3.05) is 6.61 Å². The Kier molecular flexibility index (Phi) is 4.40. The van der Waals surface area contributed by atoms with E-state index in [0.29, 0.717) is 13.0 Å². The molecule has 2 nitrogen and oxygen atoms in total. The molecule has 1 aliphatic rings. The summed E-state index contributed by atoms with van der Waals surface area (Å²) in [4.78, 5) is 0. The third-order valence-electron chi connectivity index (χ3n) is 2.83. The summed E-state index contributed by atoms with van der Waals surface area (Å²) in [5.41, 5.74) is 5.68. The number of ether oxygens (including phenoxy) is 1. The Morgan fingerprint density at radius 3 is 2.47 bits per heavy atom. The summed E-state index contributed by atoms with van der Waals surface area (Å²) >= 11 is 0. The van der Waals surface area contributed by atoms with E-state index >= 15 is 0 Å². The highest BCUT2D eigenvalue weighted by Crippen LogP contribution is 2.37. The highest BCUT2D eigenvalue weighted by molar-refractivity contribution is 4.86. The van der Waals surface area contributed by atoms with Crippen LogP contribution in [0.15, 0.2) is 0 Å². The average Bonchev–Trinajstić information content (AvgIpc) is 2.14. The van der Waals surface area contributed by atoms with Crippen LogP contribution in [0.1, 0.15) is 32.6 Å². The van der Waals surface area contributed by atoms with E-state index in [2.05, 4.69) is 0 Å². The SMILES string of the molecule is CCCO[C@@H]1CC[C@H](C(F)(F)F)C[C@H]1N. The van der Waals surface area contributed by atoms with Crippen molar-refractivity contribution in [3.05, 3.63) is 0 Å². The lowest BCUT2D eigenvalue weighted by Gasteiger charge is -2.34. The molecule has 3 atom stereocenters. The van der Waals surface area contributed by atoms with Crippen molar-refractivity contribution in [2.45, 2.75) is 50.9 Å². The Morgan fingerprint density at radius 1 is 1.33 bits per heavy atom. The van der Waals surface area contributed by atoms with E-state index in [4.69, 9.17) is 10.5 Å². The van der Waals surface area contributed by atoms with Gasteiger partial charge >= 0.3 is 6.18 Å². The molecule has 0 saturated heterocycles. The van der Waals surface area contributed by atoms with Crippen molar-refractivity contribution in [3.8, 4) is 0 Å². The van der Waals surface area contributed by atoms with Crippen LogP contribution < -0.4 is 5.73 Å². The number of rotatable bonds is 3. The molecule has 2 N–H and O–H groups in total. The molecule has 1 rings (SSSR count). The van der Waals surface area contributed by atoms with Crippen LogP contribution in [-0.4, -0.2) is 24.9 Å². The van der Waals surface area contributed by atoms with Crippen molar-refractivity contribution < 1.29 is 17.9 Å². The molecule has 0 spiro atoms. The van der Waals surface area contributed by atoms with Crippen molar-refractivity contribution in [1.29, 1.82) is 0 Å². The van der Waals surface area contributed by atoms with E-state index in [1.807, 2.05) is 6.92 Å². The molecule has 0 aromatic rings. The van der Waals surface area contributed by atoms with E-state index in [9.17, 15) is 13.2 Å². The fourth-order valence-electron chi connectivity index (χ4n) is 1.95. The first-order chi connectivity index (χ1) is 6.95. The zero-order chi connectivity index (χ0) is 11.5. The van der Waals surface area contributed by atoms with E-state index < -0.39 is 18.1 Å². The van der Waals surface area contributed by atoms with Gasteiger partial charge in [-0.15, -0.1) is 0 Å². The molecule has 0 bridgehead atoms. The first-order valence-electron chi connectivity index (χ1n) is 5.39. The molecule has 0 heterocycles. The molecule has 1 saturated carbocycles. The lowest BCUT2D eigenvalue weighted by Crippen LogP contribution is -2.45.